The first-order chi connectivity index (χ1) is 15.8. The number of thioether (sulfide) groups is 1. The van der Waals surface area contributed by atoms with Crippen molar-refractivity contribution in [1.29, 1.82) is 0 Å². The molecule has 1 heterocycles. The van der Waals surface area contributed by atoms with E-state index in [1.54, 1.807) is 0 Å². The zero-order valence-corrected chi connectivity index (χ0v) is 20.4. The highest BCUT2D eigenvalue weighted by molar-refractivity contribution is 7.99. The molecule has 0 spiro atoms. The Labute approximate surface area is 199 Å². The molecule has 0 aliphatic carbocycles. The molecule has 0 radical (unpaired) electrons. The van der Waals surface area contributed by atoms with Gasteiger partial charge in [-0.2, -0.15) is 0 Å². The predicted molar refractivity (Wildman–Crippen MR) is 131 cm³/mol. The molecule has 174 valence electrons. The Hall–Kier alpha value is -3.13. The fourth-order valence-corrected chi connectivity index (χ4v) is 4.10. The second-order valence-corrected chi connectivity index (χ2v) is 9.28. The molecular weight excluding hydrogens is 434 g/mol. The highest BCUT2D eigenvalue weighted by Crippen LogP contribution is 2.24. The first-order valence-corrected chi connectivity index (χ1v) is 12.0. The normalized spacial score (nSPS) is 11.9. The molecule has 2 N–H and O–H groups in total. The number of rotatable bonds is 10. The molecule has 0 saturated carbocycles. The van der Waals surface area contributed by atoms with E-state index in [0.29, 0.717) is 23.1 Å². The highest BCUT2D eigenvalue weighted by atomic mass is 32.2. The zero-order valence-electron chi connectivity index (χ0n) is 19.5. The van der Waals surface area contributed by atoms with E-state index in [2.05, 4.69) is 20.8 Å². The number of nitrogens with one attached hydrogen (secondary N) is 2. The summed E-state index contributed by atoms with van der Waals surface area (Å²) in [5.41, 5.74) is 2.90. The number of aryl methyl sites for hydroxylation is 1. The molecule has 1 atom stereocenters. The summed E-state index contributed by atoms with van der Waals surface area (Å²) in [6.07, 6.45) is 0.794. The summed E-state index contributed by atoms with van der Waals surface area (Å²) < 4.78 is 1.85. The van der Waals surface area contributed by atoms with Gasteiger partial charge >= 0.3 is 0 Å². The zero-order chi connectivity index (χ0) is 23.8. The molecule has 0 aliphatic rings. The van der Waals surface area contributed by atoms with Crippen molar-refractivity contribution in [3.63, 3.8) is 0 Å². The summed E-state index contributed by atoms with van der Waals surface area (Å²) in [6, 6.07) is 17.2. The summed E-state index contributed by atoms with van der Waals surface area (Å²) in [5, 5.41) is 15.2. The lowest BCUT2D eigenvalue weighted by atomic mass is 10.0. The predicted octanol–water partition coefficient (Wildman–Crippen LogP) is 3.70. The van der Waals surface area contributed by atoms with Crippen molar-refractivity contribution < 1.29 is 9.59 Å². The molecule has 0 unspecified atom stereocenters. The molecule has 0 bridgehead atoms. The average molecular weight is 466 g/mol. The van der Waals surface area contributed by atoms with Gasteiger partial charge in [-0.15, -0.1) is 10.2 Å². The maximum atomic E-state index is 12.8. The third kappa shape index (κ3) is 6.92. The first-order valence-electron chi connectivity index (χ1n) is 11.1. The molecule has 2 aromatic carbocycles. The van der Waals surface area contributed by atoms with Crippen LogP contribution in [-0.2, 0) is 18.3 Å². The van der Waals surface area contributed by atoms with Crippen molar-refractivity contribution in [2.75, 3.05) is 12.3 Å². The minimum Gasteiger partial charge on any atom is -0.355 e. The molecule has 1 aromatic heterocycles. The van der Waals surface area contributed by atoms with Crippen molar-refractivity contribution in [2.45, 2.75) is 38.4 Å². The Morgan fingerprint density at radius 2 is 1.73 bits per heavy atom. The van der Waals surface area contributed by atoms with E-state index in [9.17, 15) is 9.59 Å². The number of nitrogens with zero attached hydrogens (tertiary/aromatic N) is 3. The van der Waals surface area contributed by atoms with Crippen molar-refractivity contribution in [1.82, 2.24) is 25.4 Å². The quantitative estimate of drug-likeness (QED) is 0.446. The number of hydrogen-bond acceptors (Lipinski definition) is 5. The molecule has 3 rings (SSSR count). The van der Waals surface area contributed by atoms with Gasteiger partial charge < -0.3 is 15.2 Å². The van der Waals surface area contributed by atoms with Gasteiger partial charge in [0, 0.05) is 19.2 Å². The topological polar surface area (TPSA) is 88.9 Å². The van der Waals surface area contributed by atoms with Gasteiger partial charge in [0.2, 0.25) is 5.91 Å². The molecule has 8 heteroatoms. The van der Waals surface area contributed by atoms with Gasteiger partial charge in [-0.05, 0) is 37.0 Å². The van der Waals surface area contributed by atoms with E-state index in [1.165, 1.54) is 17.3 Å². The summed E-state index contributed by atoms with van der Waals surface area (Å²) in [7, 11) is 1.86. The van der Waals surface area contributed by atoms with Crippen LogP contribution in [0.25, 0.3) is 0 Å². The van der Waals surface area contributed by atoms with Crippen LogP contribution in [0.1, 0.15) is 47.2 Å². The lowest BCUT2D eigenvalue weighted by Gasteiger charge is -2.21. The molecule has 3 aromatic rings. The molecule has 2 amide bonds. The SMILES string of the molecule is Cc1ccc(C(=O)N[C@@H](c2nnc(SCC(=O)NCCc3ccccc3)n2C)C(C)C)cc1. The van der Waals surface area contributed by atoms with Crippen molar-refractivity contribution in [3.8, 4) is 0 Å². The van der Waals surface area contributed by atoms with Gasteiger partial charge in [0.25, 0.3) is 5.91 Å². The standard InChI is InChI=1S/C25H31N5O2S/c1-17(2)22(27-24(32)20-12-10-18(3)11-13-20)23-28-29-25(30(23)4)33-16-21(31)26-15-14-19-8-6-5-7-9-19/h5-13,17,22H,14-16H2,1-4H3,(H,26,31)(H,27,32)/t22-/m1/s1. The molecule has 0 fully saturated rings. The van der Waals surface area contributed by atoms with E-state index < -0.39 is 0 Å². The fraction of sp³-hybridized carbons (Fsp3) is 0.360. The second kappa shape index (κ2) is 11.7. The Morgan fingerprint density at radius 3 is 2.39 bits per heavy atom. The van der Waals surface area contributed by atoms with Gasteiger partial charge in [-0.3, -0.25) is 9.59 Å². The number of benzene rings is 2. The number of carbonyl (C=O) groups is 2. The van der Waals surface area contributed by atoms with Gasteiger partial charge in [0.15, 0.2) is 11.0 Å². The van der Waals surface area contributed by atoms with E-state index in [-0.39, 0.29) is 29.5 Å². The van der Waals surface area contributed by atoms with Crippen LogP contribution >= 0.6 is 11.8 Å². The van der Waals surface area contributed by atoms with Crippen molar-refractivity contribution in [3.05, 3.63) is 77.1 Å². The van der Waals surface area contributed by atoms with Crippen LogP contribution < -0.4 is 10.6 Å². The lowest BCUT2D eigenvalue weighted by Crippen LogP contribution is -2.33. The van der Waals surface area contributed by atoms with E-state index >= 15 is 0 Å². The Morgan fingerprint density at radius 1 is 1.03 bits per heavy atom. The van der Waals surface area contributed by atoms with E-state index in [0.717, 1.165) is 12.0 Å². The highest BCUT2D eigenvalue weighted by Gasteiger charge is 2.25. The third-order valence-electron chi connectivity index (χ3n) is 5.32. The largest absolute Gasteiger partial charge is 0.355 e. The van der Waals surface area contributed by atoms with Crippen LogP contribution in [0, 0.1) is 12.8 Å². The Kier molecular flexibility index (Phi) is 8.65. The van der Waals surface area contributed by atoms with Crippen molar-refractivity contribution >= 4 is 23.6 Å². The first kappa shape index (κ1) is 24.5. The number of aromatic nitrogens is 3. The van der Waals surface area contributed by atoms with Gasteiger partial charge in [-0.1, -0.05) is 73.6 Å². The third-order valence-corrected chi connectivity index (χ3v) is 6.35. The minimum atomic E-state index is -0.301. The van der Waals surface area contributed by atoms with Crippen LogP contribution in [-0.4, -0.2) is 38.9 Å². The van der Waals surface area contributed by atoms with Gasteiger partial charge in [0.1, 0.15) is 0 Å². The molecule has 33 heavy (non-hydrogen) atoms. The van der Waals surface area contributed by atoms with Gasteiger partial charge in [0.05, 0.1) is 11.8 Å². The Bertz CT molecular complexity index is 1060. The van der Waals surface area contributed by atoms with Crippen LogP contribution in [0.2, 0.25) is 0 Å². The van der Waals surface area contributed by atoms with Crippen LogP contribution in [0.3, 0.4) is 0 Å². The maximum Gasteiger partial charge on any atom is 0.251 e. The van der Waals surface area contributed by atoms with Gasteiger partial charge in [-0.25, -0.2) is 0 Å². The van der Waals surface area contributed by atoms with Crippen molar-refractivity contribution in [2.24, 2.45) is 13.0 Å². The number of hydrogen-bond donors (Lipinski definition) is 2. The fourth-order valence-electron chi connectivity index (χ4n) is 3.35. The lowest BCUT2D eigenvalue weighted by molar-refractivity contribution is -0.118. The van der Waals surface area contributed by atoms with E-state index in [4.69, 9.17) is 0 Å². The molecular formula is C25H31N5O2S. The molecule has 0 saturated heterocycles. The summed E-state index contributed by atoms with van der Waals surface area (Å²) in [4.78, 5) is 25.0. The number of carbonyl (C=O) groups excluding carboxylic acids is 2. The minimum absolute atomic E-state index is 0.0476. The van der Waals surface area contributed by atoms with Crippen LogP contribution in [0.4, 0.5) is 0 Å². The monoisotopic (exact) mass is 465 g/mol. The maximum absolute atomic E-state index is 12.8. The summed E-state index contributed by atoms with van der Waals surface area (Å²) >= 11 is 1.33. The van der Waals surface area contributed by atoms with E-state index in [1.807, 2.05) is 87.0 Å². The molecule has 0 aliphatic heterocycles. The Balaban J connectivity index is 1.56. The smallest absolute Gasteiger partial charge is 0.251 e. The van der Waals surface area contributed by atoms with Crippen LogP contribution in [0.15, 0.2) is 59.8 Å². The van der Waals surface area contributed by atoms with Crippen LogP contribution in [0.5, 0.6) is 0 Å². The summed E-state index contributed by atoms with van der Waals surface area (Å²) in [6.45, 7) is 6.64. The summed E-state index contributed by atoms with van der Waals surface area (Å²) in [5.74, 6) is 0.833. The second-order valence-electron chi connectivity index (χ2n) is 8.34. The average Bonchev–Trinajstić information content (AvgIpc) is 3.16. The molecule has 7 nitrogen and oxygen atoms in total. The number of amides is 2.